The minimum Gasteiger partial charge on any atom is -0.328 e. The Labute approximate surface area is 71.7 Å². The van der Waals surface area contributed by atoms with Crippen molar-refractivity contribution in [3.05, 3.63) is 0 Å². The number of fused-ring (bicyclic) bond motifs is 1. The largest absolute Gasteiger partial charge is 0.328 e. The van der Waals surface area contributed by atoms with Crippen molar-refractivity contribution in [2.75, 3.05) is 0 Å². The van der Waals surface area contributed by atoms with Crippen molar-refractivity contribution in [2.24, 2.45) is 5.92 Å². The number of hydrogen-bond acceptors (Lipinski definition) is 2. The molecule has 0 aromatic heterocycles. The number of amides is 1. The number of nitrogens with zero attached hydrogens (tertiary/aromatic N) is 1. The summed E-state index contributed by atoms with van der Waals surface area (Å²) in [6.45, 7) is 3.99. The Kier molecular flexibility index (Phi) is 1.50. The molecule has 12 heavy (non-hydrogen) atoms. The zero-order chi connectivity index (χ0) is 8.88. The van der Waals surface area contributed by atoms with Crippen molar-refractivity contribution in [2.45, 2.75) is 38.8 Å². The summed E-state index contributed by atoms with van der Waals surface area (Å²) in [6, 6.07) is 0.133. The van der Waals surface area contributed by atoms with Crippen LogP contribution in [-0.2, 0) is 9.59 Å². The Hall–Kier alpha value is -0.860. The molecule has 0 bridgehead atoms. The van der Waals surface area contributed by atoms with Crippen molar-refractivity contribution in [1.29, 1.82) is 0 Å². The highest BCUT2D eigenvalue weighted by molar-refractivity contribution is 5.98. The average Bonchev–Trinajstić information content (AvgIpc) is 2.22. The molecule has 0 N–H and O–H groups in total. The Morgan fingerprint density at radius 3 is 2.42 bits per heavy atom. The van der Waals surface area contributed by atoms with E-state index in [1.54, 1.807) is 4.90 Å². The maximum atomic E-state index is 11.4. The van der Waals surface area contributed by atoms with Crippen LogP contribution in [0.1, 0.15) is 26.7 Å². The highest BCUT2D eigenvalue weighted by Gasteiger charge is 2.51. The van der Waals surface area contributed by atoms with E-state index in [9.17, 15) is 9.59 Å². The molecule has 3 nitrogen and oxygen atoms in total. The van der Waals surface area contributed by atoms with Crippen LogP contribution in [0.5, 0.6) is 0 Å². The van der Waals surface area contributed by atoms with E-state index in [1.165, 1.54) is 0 Å². The predicted molar refractivity (Wildman–Crippen MR) is 43.5 cm³/mol. The number of carbonyl (C=O) groups is 2. The van der Waals surface area contributed by atoms with Gasteiger partial charge in [0.15, 0.2) is 5.78 Å². The summed E-state index contributed by atoms with van der Waals surface area (Å²) in [5.74, 6) is 0.678. The standard InChI is InChI=1S/C9H13NO2/c1-5(2)9-7(11)3-6-4-8(12)10(6)9/h5-6,9H,3-4H2,1-2H3. The molecule has 2 heterocycles. The molecule has 66 valence electrons. The summed E-state index contributed by atoms with van der Waals surface area (Å²) < 4.78 is 0. The predicted octanol–water partition coefficient (Wildman–Crippen LogP) is 0.585. The van der Waals surface area contributed by atoms with E-state index in [0.29, 0.717) is 12.8 Å². The van der Waals surface area contributed by atoms with Gasteiger partial charge in [-0.2, -0.15) is 0 Å². The van der Waals surface area contributed by atoms with Crippen molar-refractivity contribution >= 4 is 11.7 Å². The van der Waals surface area contributed by atoms with Crippen molar-refractivity contribution in [3.63, 3.8) is 0 Å². The third-order valence-electron chi connectivity index (χ3n) is 2.79. The van der Waals surface area contributed by atoms with Gasteiger partial charge < -0.3 is 4.90 Å². The van der Waals surface area contributed by atoms with Gasteiger partial charge in [0.1, 0.15) is 0 Å². The molecule has 2 rings (SSSR count). The van der Waals surface area contributed by atoms with Crippen LogP contribution in [0.2, 0.25) is 0 Å². The second-order valence-electron chi connectivity index (χ2n) is 4.02. The fraction of sp³-hybridized carbons (Fsp3) is 0.778. The molecule has 2 saturated heterocycles. The Bertz CT molecular complexity index is 247. The highest BCUT2D eigenvalue weighted by atomic mass is 16.2. The molecule has 2 atom stereocenters. The Morgan fingerprint density at radius 2 is 2.00 bits per heavy atom. The molecule has 0 aliphatic carbocycles. The fourth-order valence-corrected chi connectivity index (χ4v) is 2.25. The molecule has 3 heteroatoms. The third-order valence-corrected chi connectivity index (χ3v) is 2.79. The molecule has 2 unspecified atom stereocenters. The van der Waals surface area contributed by atoms with Crippen molar-refractivity contribution < 1.29 is 9.59 Å². The molecule has 0 saturated carbocycles. The van der Waals surface area contributed by atoms with Crippen LogP contribution in [0.4, 0.5) is 0 Å². The lowest BCUT2D eigenvalue weighted by Crippen LogP contribution is -2.54. The van der Waals surface area contributed by atoms with E-state index in [4.69, 9.17) is 0 Å². The Balaban J connectivity index is 2.21. The molecule has 0 radical (unpaired) electrons. The number of carbonyl (C=O) groups excluding carboxylic acids is 2. The first-order chi connectivity index (χ1) is 5.61. The van der Waals surface area contributed by atoms with E-state index in [2.05, 4.69) is 0 Å². The minimum absolute atomic E-state index is 0.115. The van der Waals surface area contributed by atoms with Gasteiger partial charge in [-0.3, -0.25) is 9.59 Å². The third kappa shape index (κ3) is 0.822. The Morgan fingerprint density at radius 1 is 1.33 bits per heavy atom. The van der Waals surface area contributed by atoms with Gasteiger partial charge in [0, 0.05) is 18.9 Å². The van der Waals surface area contributed by atoms with E-state index in [1.807, 2.05) is 13.8 Å². The summed E-state index contributed by atoms with van der Waals surface area (Å²) in [4.78, 5) is 24.3. The van der Waals surface area contributed by atoms with Crippen LogP contribution in [0.15, 0.2) is 0 Å². The monoisotopic (exact) mass is 167 g/mol. The second kappa shape index (κ2) is 2.31. The van der Waals surface area contributed by atoms with E-state index < -0.39 is 0 Å². The topological polar surface area (TPSA) is 37.4 Å². The lowest BCUT2D eigenvalue weighted by Gasteiger charge is -2.39. The van der Waals surface area contributed by atoms with Crippen LogP contribution >= 0.6 is 0 Å². The van der Waals surface area contributed by atoms with Gasteiger partial charge in [-0.1, -0.05) is 13.8 Å². The normalized spacial score (nSPS) is 34.1. The minimum atomic E-state index is -0.115. The van der Waals surface area contributed by atoms with Crippen LogP contribution < -0.4 is 0 Å². The zero-order valence-corrected chi connectivity index (χ0v) is 7.41. The number of rotatable bonds is 1. The fourth-order valence-electron chi connectivity index (χ4n) is 2.25. The maximum Gasteiger partial charge on any atom is 0.225 e. The van der Waals surface area contributed by atoms with Crippen LogP contribution in [0.25, 0.3) is 0 Å². The van der Waals surface area contributed by atoms with E-state index in [0.717, 1.165) is 0 Å². The summed E-state index contributed by atoms with van der Waals surface area (Å²) in [5, 5.41) is 0. The maximum absolute atomic E-state index is 11.4. The number of ketones is 1. The quantitative estimate of drug-likeness (QED) is 0.536. The smallest absolute Gasteiger partial charge is 0.225 e. The average molecular weight is 167 g/mol. The molecule has 2 aliphatic heterocycles. The molecule has 0 spiro atoms. The van der Waals surface area contributed by atoms with Gasteiger partial charge in [0.25, 0.3) is 0 Å². The summed E-state index contributed by atoms with van der Waals surface area (Å²) >= 11 is 0. The van der Waals surface area contributed by atoms with Gasteiger partial charge in [0.05, 0.1) is 6.04 Å². The van der Waals surface area contributed by atoms with Crippen LogP contribution in [-0.4, -0.2) is 28.7 Å². The summed E-state index contributed by atoms with van der Waals surface area (Å²) in [5.41, 5.74) is 0. The molecular formula is C9H13NO2. The summed E-state index contributed by atoms with van der Waals surface area (Å²) in [7, 11) is 0. The first-order valence-electron chi connectivity index (χ1n) is 4.45. The molecule has 2 aliphatic rings. The lowest BCUT2D eigenvalue weighted by atomic mass is 10.0. The lowest BCUT2D eigenvalue weighted by molar-refractivity contribution is -0.148. The molecule has 0 aromatic carbocycles. The van der Waals surface area contributed by atoms with Crippen molar-refractivity contribution in [3.8, 4) is 0 Å². The van der Waals surface area contributed by atoms with Crippen molar-refractivity contribution in [1.82, 2.24) is 4.90 Å². The zero-order valence-electron chi connectivity index (χ0n) is 7.41. The van der Waals surface area contributed by atoms with E-state index >= 15 is 0 Å². The molecule has 1 amide bonds. The SMILES string of the molecule is CC(C)C1C(=O)CC2CC(=O)N21. The highest BCUT2D eigenvalue weighted by Crippen LogP contribution is 2.35. The van der Waals surface area contributed by atoms with Gasteiger partial charge in [-0.25, -0.2) is 0 Å². The van der Waals surface area contributed by atoms with Gasteiger partial charge >= 0.3 is 0 Å². The molecular weight excluding hydrogens is 154 g/mol. The molecule has 2 fully saturated rings. The van der Waals surface area contributed by atoms with E-state index in [-0.39, 0.29) is 29.7 Å². The van der Waals surface area contributed by atoms with Gasteiger partial charge in [-0.15, -0.1) is 0 Å². The first-order valence-corrected chi connectivity index (χ1v) is 4.45. The first kappa shape index (κ1) is 7.77. The van der Waals surface area contributed by atoms with Gasteiger partial charge in [-0.05, 0) is 5.92 Å². The summed E-state index contributed by atoms with van der Waals surface area (Å²) in [6.07, 6.45) is 1.18. The number of β-lactam (4-membered cyclic amide) rings is 1. The molecule has 0 aromatic rings. The number of hydrogen-bond donors (Lipinski definition) is 0. The van der Waals surface area contributed by atoms with Gasteiger partial charge in [0.2, 0.25) is 5.91 Å². The second-order valence-corrected chi connectivity index (χ2v) is 4.02. The van der Waals surface area contributed by atoms with Crippen LogP contribution in [0, 0.1) is 5.92 Å². The number of Topliss-reactive ketones (excluding diaryl/α,β-unsaturated/α-hetero) is 1. The van der Waals surface area contributed by atoms with Crippen LogP contribution in [0.3, 0.4) is 0 Å².